The lowest BCUT2D eigenvalue weighted by Gasteiger charge is -2.09. The topological polar surface area (TPSA) is 41.1 Å². The average molecular weight is 289 g/mol. The van der Waals surface area contributed by atoms with Gasteiger partial charge >= 0.3 is 0 Å². The predicted octanol–water partition coefficient (Wildman–Crippen LogP) is 3.95. The quantitative estimate of drug-likeness (QED) is 0.874. The fourth-order valence-electron chi connectivity index (χ4n) is 1.84. The fraction of sp³-hybridized carbons (Fsp3) is 0.188. The Morgan fingerprint density at radius 3 is 2.70 bits per heavy atom. The summed E-state index contributed by atoms with van der Waals surface area (Å²) in [6.45, 7) is 2.31. The van der Waals surface area contributed by atoms with E-state index >= 15 is 0 Å². The van der Waals surface area contributed by atoms with E-state index < -0.39 is 0 Å². The van der Waals surface area contributed by atoms with E-state index in [-0.39, 0.29) is 12.5 Å². The minimum Gasteiger partial charge on any atom is -0.376 e. The maximum atomic E-state index is 11.9. The van der Waals surface area contributed by atoms with Crippen LogP contribution in [0.4, 0.5) is 11.4 Å². The summed E-state index contributed by atoms with van der Waals surface area (Å²) in [6.07, 6.45) is 0.974. The van der Waals surface area contributed by atoms with Gasteiger partial charge in [0.05, 0.1) is 17.3 Å². The molecule has 0 unspecified atom stereocenters. The Morgan fingerprint density at radius 1 is 1.15 bits per heavy atom. The van der Waals surface area contributed by atoms with E-state index in [9.17, 15) is 4.79 Å². The number of aryl methyl sites for hydroxylation is 1. The van der Waals surface area contributed by atoms with Gasteiger partial charge in [0.2, 0.25) is 5.91 Å². The van der Waals surface area contributed by atoms with Crippen molar-refractivity contribution in [1.29, 1.82) is 0 Å². The Bertz CT molecular complexity index is 599. The van der Waals surface area contributed by atoms with Crippen LogP contribution in [-0.2, 0) is 11.2 Å². The number of hydrogen-bond donors (Lipinski definition) is 2. The summed E-state index contributed by atoms with van der Waals surface area (Å²) in [7, 11) is 0. The summed E-state index contributed by atoms with van der Waals surface area (Å²) in [5.74, 6) is -0.125. The van der Waals surface area contributed by atoms with E-state index in [1.807, 2.05) is 30.3 Å². The number of benzene rings is 2. The number of anilines is 2. The van der Waals surface area contributed by atoms with Crippen molar-refractivity contribution in [3.8, 4) is 0 Å². The number of carbonyl (C=O) groups excluding carboxylic acids is 1. The normalized spacial score (nSPS) is 10.1. The number of hydrogen-bond acceptors (Lipinski definition) is 2. The number of halogens is 1. The van der Waals surface area contributed by atoms with Gasteiger partial charge < -0.3 is 10.6 Å². The molecule has 0 fully saturated rings. The van der Waals surface area contributed by atoms with Crippen LogP contribution in [0.5, 0.6) is 0 Å². The van der Waals surface area contributed by atoms with Crippen molar-refractivity contribution in [2.24, 2.45) is 0 Å². The van der Waals surface area contributed by atoms with Crippen LogP contribution in [-0.4, -0.2) is 12.5 Å². The molecule has 0 aliphatic carbocycles. The molecular formula is C16H17ClN2O. The third-order valence-corrected chi connectivity index (χ3v) is 3.27. The molecule has 0 spiro atoms. The maximum absolute atomic E-state index is 11.9. The van der Waals surface area contributed by atoms with Gasteiger partial charge in [-0.25, -0.2) is 0 Å². The van der Waals surface area contributed by atoms with Gasteiger partial charge in [-0.05, 0) is 36.2 Å². The third-order valence-electron chi connectivity index (χ3n) is 2.94. The van der Waals surface area contributed by atoms with Crippen LogP contribution >= 0.6 is 11.6 Å². The monoisotopic (exact) mass is 288 g/mol. The zero-order valence-corrected chi connectivity index (χ0v) is 12.1. The highest BCUT2D eigenvalue weighted by Gasteiger charge is 2.05. The van der Waals surface area contributed by atoms with E-state index in [1.54, 1.807) is 12.1 Å². The van der Waals surface area contributed by atoms with Crippen molar-refractivity contribution >= 4 is 28.9 Å². The SMILES string of the molecule is CCc1cccc(NCC(=O)Nc2ccccc2Cl)c1. The van der Waals surface area contributed by atoms with Crippen LogP contribution in [0.25, 0.3) is 0 Å². The second kappa shape index (κ2) is 6.96. The third kappa shape index (κ3) is 4.00. The standard InChI is InChI=1S/C16H17ClN2O/c1-2-12-6-5-7-13(10-12)18-11-16(20)19-15-9-4-3-8-14(15)17/h3-10,18H,2,11H2,1H3,(H,19,20). The molecule has 0 atom stereocenters. The van der Waals surface area contributed by atoms with Crippen molar-refractivity contribution < 1.29 is 4.79 Å². The highest BCUT2D eigenvalue weighted by atomic mass is 35.5. The molecule has 0 bridgehead atoms. The van der Waals surface area contributed by atoms with Crippen LogP contribution in [0.2, 0.25) is 5.02 Å². The molecule has 2 rings (SSSR count). The average Bonchev–Trinajstić information content (AvgIpc) is 2.48. The first-order chi connectivity index (χ1) is 9.69. The summed E-state index contributed by atoms with van der Waals surface area (Å²) in [5, 5.41) is 6.42. The van der Waals surface area contributed by atoms with Gasteiger partial charge in [0.25, 0.3) is 0 Å². The largest absolute Gasteiger partial charge is 0.376 e. The summed E-state index contributed by atoms with van der Waals surface area (Å²) >= 11 is 5.99. The van der Waals surface area contributed by atoms with Crippen molar-refractivity contribution in [3.63, 3.8) is 0 Å². The number of nitrogens with one attached hydrogen (secondary N) is 2. The predicted molar refractivity (Wildman–Crippen MR) is 84.4 cm³/mol. The summed E-state index contributed by atoms with van der Waals surface area (Å²) < 4.78 is 0. The summed E-state index contributed by atoms with van der Waals surface area (Å²) in [4.78, 5) is 11.9. The second-order valence-electron chi connectivity index (χ2n) is 4.44. The lowest BCUT2D eigenvalue weighted by Crippen LogP contribution is -2.21. The van der Waals surface area contributed by atoms with Crippen LogP contribution in [0.15, 0.2) is 48.5 Å². The first-order valence-electron chi connectivity index (χ1n) is 6.56. The molecule has 2 N–H and O–H groups in total. The van der Waals surface area contributed by atoms with Crippen molar-refractivity contribution in [3.05, 3.63) is 59.1 Å². The molecular weight excluding hydrogens is 272 g/mol. The van der Waals surface area contributed by atoms with Gasteiger partial charge in [0, 0.05) is 5.69 Å². The second-order valence-corrected chi connectivity index (χ2v) is 4.84. The first kappa shape index (κ1) is 14.4. The van der Waals surface area contributed by atoms with E-state index in [0.717, 1.165) is 12.1 Å². The molecule has 1 amide bonds. The number of para-hydroxylation sites is 1. The molecule has 104 valence electrons. The van der Waals surface area contributed by atoms with E-state index in [2.05, 4.69) is 23.6 Å². The molecule has 0 aliphatic heterocycles. The molecule has 2 aromatic carbocycles. The molecule has 0 saturated carbocycles. The smallest absolute Gasteiger partial charge is 0.243 e. The molecule has 0 radical (unpaired) electrons. The Kier molecular flexibility index (Phi) is 5.02. The maximum Gasteiger partial charge on any atom is 0.243 e. The van der Waals surface area contributed by atoms with Crippen LogP contribution < -0.4 is 10.6 Å². The molecule has 3 nitrogen and oxygen atoms in total. The van der Waals surface area contributed by atoms with Crippen molar-refractivity contribution in [1.82, 2.24) is 0 Å². The minimum absolute atomic E-state index is 0.125. The number of rotatable bonds is 5. The molecule has 0 aliphatic rings. The van der Waals surface area contributed by atoms with Crippen molar-refractivity contribution in [2.75, 3.05) is 17.2 Å². The lowest BCUT2D eigenvalue weighted by molar-refractivity contribution is -0.114. The molecule has 0 aromatic heterocycles. The lowest BCUT2D eigenvalue weighted by atomic mass is 10.1. The van der Waals surface area contributed by atoms with Crippen molar-refractivity contribution in [2.45, 2.75) is 13.3 Å². The molecule has 0 saturated heterocycles. The van der Waals surface area contributed by atoms with Gasteiger partial charge in [-0.15, -0.1) is 0 Å². The summed E-state index contributed by atoms with van der Waals surface area (Å²) in [5.41, 5.74) is 2.81. The first-order valence-corrected chi connectivity index (χ1v) is 6.94. The zero-order valence-electron chi connectivity index (χ0n) is 11.3. The highest BCUT2D eigenvalue weighted by molar-refractivity contribution is 6.33. The van der Waals surface area contributed by atoms with Crippen LogP contribution in [0.1, 0.15) is 12.5 Å². The Morgan fingerprint density at radius 2 is 1.95 bits per heavy atom. The zero-order chi connectivity index (χ0) is 14.4. The summed E-state index contributed by atoms with van der Waals surface area (Å²) in [6, 6.07) is 15.2. The van der Waals surface area contributed by atoms with Crippen LogP contribution in [0.3, 0.4) is 0 Å². The van der Waals surface area contributed by atoms with Crippen LogP contribution in [0, 0.1) is 0 Å². The molecule has 20 heavy (non-hydrogen) atoms. The highest BCUT2D eigenvalue weighted by Crippen LogP contribution is 2.20. The minimum atomic E-state index is -0.125. The van der Waals surface area contributed by atoms with E-state index in [0.29, 0.717) is 10.7 Å². The Balaban J connectivity index is 1.90. The Labute approximate surface area is 124 Å². The van der Waals surface area contributed by atoms with Gasteiger partial charge in [-0.2, -0.15) is 0 Å². The van der Waals surface area contributed by atoms with E-state index in [1.165, 1.54) is 5.56 Å². The van der Waals surface area contributed by atoms with Gasteiger partial charge in [0.15, 0.2) is 0 Å². The molecule has 0 heterocycles. The number of carbonyl (C=O) groups is 1. The Hall–Kier alpha value is -2.00. The van der Waals surface area contributed by atoms with Gasteiger partial charge in [0.1, 0.15) is 0 Å². The van der Waals surface area contributed by atoms with Gasteiger partial charge in [-0.1, -0.05) is 42.8 Å². The fourth-order valence-corrected chi connectivity index (χ4v) is 2.02. The number of amides is 1. The van der Waals surface area contributed by atoms with E-state index in [4.69, 9.17) is 11.6 Å². The molecule has 2 aromatic rings. The molecule has 4 heteroatoms. The van der Waals surface area contributed by atoms with Gasteiger partial charge in [-0.3, -0.25) is 4.79 Å².